The molecule has 2 N–H and O–H groups in total. The van der Waals surface area contributed by atoms with E-state index in [0.29, 0.717) is 37.1 Å². The molecule has 0 unspecified atom stereocenters. The largest absolute Gasteiger partial charge is 0.456 e. The zero-order valence-electron chi connectivity index (χ0n) is 38.9. The van der Waals surface area contributed by atoms with Crippen LogP contribution in [0.25, 0.3) is 11.1 Å². The van der Waals surface area contributed by atoms with E-state index in [9.17, 15) is 38.4 Å². The summed E-state index contributed by atoms with van der Waals surface area (Å²) < 4.78 is 20.6. The van der Waals surface area contributed by atoms with E-state index in [4.69, 9.17) is 18.9 Å². The Morgan fingerprint density at radius 3 is 1.57 bits per heavy atom. The Hall–Kier alpha value is -5.80. The summed E-state index contributed by atoms with van der Waals surface area (Å²) >= 11 is 0. The highest BCUT2D eigenvalue weighted by Crippen LogP contribution is 2.51. The molecular weight excluding hydrogens is 837 g/mol. The number of alkyl carbamates (subject to hydrolysis) is 2. The van der Waals surface area contributed by atoms with Gasteiger partial charge in [0.25, 0.3) is 0 Å². The van der Waals surface area contributed by atoms with Gasteiger partial charge in [0.15, 0.2) is 19.0 Å². The van der Waals surface area contributed by atoms with Crippen molar-refractivity contribution in [3.05, 3.63) is 58.7 Å². The van der Waals surface area contributed by atoms with Gasteiger partial charge in [-0.05, 0) is 89.9 Å². The minimum Gasteiger partial charge on any atom is -0.456 e. The summed E-state index contributed by atoms with van der Waals surface area (Å²) in [4.78, 5) is 108. The first kappa shape index (κ1) is 48.7. The summed E-state index contributed by atoms with van der Waals surface area (Å²) in [5.74, 6) is -3.49. The van der Waals surface area contributed by atoms with Gasteiger partial charge >= 0.3 is 24.1 Å². The lowest BCUT2D eigenvalue weighted by Gasteiger charge is -2.29. The fraction of sp³-hybridized carbons (Fsp3) is 0.592. The Labute approximate surface area is 380 Å². The van der Waals surface area contributed by atoms with Crippen molar-refractivity contribution in [1.29, 1.82) is 0 Å². The maximum Gasteiger partial charge on any atom is 0.407 e. The number of hydrogen-bond donors (Lipinski definition) is 2. The van der Waals surface area contributed by atoms with Crippen molar-refractivity contribution < 1.29 is 57.3 Å². The molecule has 2 saturated heterocycles. The van der Waals surface area contributed by atoms with Crippen LogP contribution in [0.1, 0.15) is 112 Å². The highest BCUT2D eigenvalue weighted by atomic mass is 16.6. The molecule has 2 aromatic rings. The number of hydrogen-bond acceptors (Lipinski definition) is 12. The Balaban J connectivity index is 1.12. The van der Waals surface area contributed by atoms with Gasteiger partial charge in [0.1, 0.15) is 24.2 Å². The molecule has 6 rings (SSSR count). The monoisotopic (exact) mass is 900 g/mol. The topological polar surface area (TPSA) is 204 Å². The standard InChI is InChI=1S/C49H64N4O12/c1-27(2)41(50-47(60)62-7)43(56)52-23-29(5)19-37(52)45(58)64-25-39(54)32-13-11-31(12-14-32)33-15-16-34(36-22-49(21-35(33)36)17-9-10-18-49)40(55)26-65-46(59)38-20-30(6)24-53(38)44(57)42(28(3)4)51-48(61)63-8/h11-16,27-30,37-38,41-42H,9-10,17-26H2,1-8H3,(H,50,60)(H,51,61)/t29-,30+,37-,38-,41-,42-/m0/s1. The summed E-state index contributed by atoms with van der Waals surface area (Å²) in [5.41, 5.74) is 4.66. The molecule has 2 heterocycles. The lowest BCUT2D eigenvalue weighted by molar-refractivity contribution is -0.153. The van der Waals surface area contributed by atoms with E-state index in [1.807, 2.05) is 32.0 Å². The second-order valence-corrected chi connectivity index (χ2v) is 19.2. The number of nitrogens with zero attached hydrogens (tertiary/aromatic N) is 2. The van der Waals surface area contributed by atoms with Crippen molar-refractivity contribution in [2.24, 2.45) is 29.1 Å². The molecule has 4 aliphatic rings. The van der Waals surface area contributed by atoms with Gasteiger partial charge in [0.05, 0.1) is 14.2 Å². The second kappa shape index (κ2) is 20.6. The van der Waals surface area contributed by atoms with Crippen molar-refractivity contribution in [2.75, 3.05) is 40.5 Å². The van der Waals surface area contributed by atoms with Gasteiger partial charge in [0.2, 0.25) is 17.6 Å². The zero-order chi connectivity index (χ0) is 47.3. The van der Waals surface area contributed by atoms with Crippen molar-refractivity contribution >= 4 is 47.5 Å². The zero-order valence-corrected chi connectivity index (χ0v) is 38.9. The molecule has 1 saturated carbocycles. The van der Waals surface area contributed by atoms with Crippen molar-refractivity contribution in [1.82, 2.24) is 20.4 Å². The van der Waals surface area contributed by atoms with E-state index in [2.05, 4.69) is 10.6 Å². The highest BCUT2D eigenvalue weighted by molar-refractivity contribution is 6.02. The van der Waals surface area contributed by atoms with Gasteiger partial charge in [-0.3, -0.25) is 19.2 Å². The summed E-state index contributed by atoms with van der Waals surface area (Å²) in [6.07, 6.45) is 5.02. The van der Waals surface area contributed by atoms with E-state index in [1.165, 1.54) is 24.0 Å². The van der Waals surface area contributed by atoms with Crippen LogP contribution in [0.4, 0.5) is 9.59 Å². The number of likely N-dealkylation sites (tertiary alicyclic amines) is 2. The van der Waals surface area contributed by atoms with Crippen molar-refractivity contribution in [3.63, 3.8) is 0 Å². The molecule has 16 nitrogen and oxygen atoms in total. The predicted octanol–water partition coefficient (Wildman–Crippen LogP) is 5.70. The van der Waals surface area contributed by atoms with E-state index < -0.39 is 79.1 Å². The number of carbonyl (C=O) groups is 8. The normalized spacial score (nSPS) is 21.8. The van der Waals surface area contributed by atoms with Gasteiger partial charge in [-0.1, -0.05) is 90.8 Å². The first-order chi connectivity index (χ1) is 30.9. The number of nitrogens with one attached hydrogen (secondary N) is 2. The molecule has 3 fully saturated rings. The number of carbonyl (C=O) groups excluding carboxylic acids is 8. The quantitative estimate of drug-likeness (QED) is 0.126. The molecule has 65 heavy (non-hydrogen) atoms. The molecule has 0 bridgehead atoms. The first-order valence-electron chi connectivity index (χ1n) is 22.8. The number of ether oxygens (including phenoxy) is 4. The summed E-state index contributed by atoms with van der Waals surface area (Å²) in [6.45, 7) is 10.6. The molecule has 0 radical (unpaired) electrons. The number of esters is 2. The number of fused-ring (bicyclic) bond motifs is 1. The van der Waals surface area contributed by atoms with Gasteiger partial charge in [-0.25, -0.2) is 19.2 Å². The van der Waals surface area contributed by atoms with Crippen LogP contribution in [0.15, 0.2) is 36.4 Å². The number of methoxy groups -OCH3 is 2. The SMILES string of the molecule is COC(=O)N[C@H](C(=O)N1C[C@H](C)C[C@H]1C(=O)OCC(=O)c1ccc(-c2ccc(C(=O)COC(=O)[C@@H]3C[C@H](C)CN3C(=O)[C@@H](NC(=O)OC)C(C)C)cc2)c2c1CC1(CCCC1)C2)C(C)C. The molecule has 0 aromatic heterocycles. The van der Waals surface area contributed by atoms with Crippen LogP contribution >= 0.6 is 0 Å². The Morgan fingerprint density at radius 2 is 1.11 bits per heavy atom. The maximum absolute atomic E-state index is 14.0. The molecule has 4 amide bonds. The molecule has 1 spiro atoms. The van der Waals surface area contributed by atoms with Crippen molar-refractivity contribution in [2.45, 2.75) is 117 Å². The molecule has 2 aliphatic heterocycles. The van der Waals surface area contributed by atoms with Gasteiger partial charge in [-0.15, -0.1) is 0 Å². The van der Waals surface area contributed by atoms with Crippen LogP contribution in [0.5, 0.6) is 0 Å². The van der Waals surface area contributed by atoms with Gasteiger partial charge < -0.3 is 39.4 Å². The van der Waals surface area contributed by atoms with Crippen LogP contribution < -0.4 is 10.6 Å². The maximum atomic E-state index is 14.0. The van der Waals surface area contributed by atoms with Gasteiger partial charge in [-0.2, -0.15) is 0 Å². The van der Waals surface area contributed by atoms with E-state index in [0.717, 1.165) is 60.8 Å². The molecule has 352 valence electrons. The number of ketones is 2. The third kappa shape index (κ3) is 10.8. The molecular formula is C49H64N4O12. The third-order valence-corrected chi connectivity index (χ3v) is 13.6. The fourth-order valence-electron chi connectivity index (χ4n) is 10.2. The minimum atomic E-state index is -0.907. The molecule has 2 aliphatic carbocycles. The Bertz CT molecular complexity index is 2160. The smallest absolute Gasteiger partial charge is 0.407 e. The van der Waals surface area contributed by atoms with E-state index >= 15 is 0 Å². The van der Waals surface area contributed by atoms with E-state index in [1.54, 1.807) is 45.9 Å². The first-order valence-corrected chi connectivity index (χ1v) is 22.8. The van der Waals surface area contributed by atoms with E-state index in [-0.39, 0.29) is 34.9 Å². The number of rotatable bonds is 15. The molecule has 16 heteroatoms. The third-order valence-electron chi connectivity index (χ3n) is 13.6. The van der Waals surface area contributed by atoms with Crippen LogP contribution in [-0.2, 0) is 51.0 Å². The highest BCUT2D eigenvalue weighted by Gasteiger charge is 2.45. The summed E-state index contributed by atoms with van der Waals surface area (Å²) in [7, 11) is 2.42. The average Bonchev–Trinajstić information content (AvgIpc) is 4.10. The lowest BCUT2D eigenvalue weighted by atomic mass is 9.82. The summed E-state index contributed by atoms with van der Waals surface area (Å²) in [6, 6.07) is 7.11. The number of benzene rings is 2. The number of amides is 4. The molecule has 2 aromatic carbocycles. The Kier molecular flexibility index (Phi) is 15.4. The fourth-order valence-corrected chi connectivity index (χ4v) is 10.2. The van der Waals surface area contributed by atoms with Crippen LogP contribution in [0.2, 0.25) is 0 Å². The van der Waals surface area contributed by atoms with Crippen LogP contribution in [0.3, 0.4) is 0 Å². The van der Waals surface area contributed by atoms with Crippen LogP contribution in [0, 0.1) is 29.1 Å². The van der Waals surface area contributed by atoms with Crippen LogP contribution in [-0.4, -0.2) is 122 Å². The average molecular weight is 901 g/mol. The van der Waals surface area contributed by atoms with Gasteiger partial charge in [0, 0.05) is 24.2 Å². The van der Waals surface area contributed by atoms with Crippen molar-refractivity contribution in [3.8, 4) is 11.1 Å². The Morgan fingerprint density at radius 1 is 0.646 bits per heavy atom. The molecule has 6 atom stereocenters. The minimum absolute atomic E-state index is 0.000222. The lowest BCUT2D eigenvalue weighted by Crippen LogP contribution is -2.54. The number of Topliss-reactive ketones (excluding diaryl/α,β-unsaturated/α-hetero) is 2. The predicted molar refractivity (Wildman–Crippen MR) is 238 cm³/mol. The summed E-state index contributed by atoms with van der Waals surface area (Å²) in [5, 5.41) is 5.14. The second-order valence-electron chi connectivity index (χ2n) is 19.2.